The number of fused-ring (bicyclic) bond motifs is 1. The van der Waals surface area contributed by atoms with E-state index in [1.807, 2.05) is 6.20 Å². The number of carbonyl (C=O) groups excluding carboxylic acids is 1. The van der Waals surface area contributed by atoms with Crippen molar-refractivity contribution in [1.82, 2.24) is 10.3 Å². The van der Waals surface area contributed by atoms with Crippen LogP contribution in [0.5, 0.6) is 0 Å². The van der Waals surface area contributed by atoms with E-state index in [9.17, 15) is 4.79 Å². The molecule has 1 aliphatic rings. The monoisotopic (exact) mass is 242 g/mol. The van der Waals surface area contributed by atoms with Crippen LogP contribution >= 0.6 is 0 Å². The topological polar surface area (TPSA) is 44.9 Å². The van der Waals surface area contributed by atoms with Crippen LogP contribution in [0.15, 0.2) is 18.3 Å². The average molecular weight is 242 g/mol. The van der Waals surface area contributed by atoms with Crippen LogP contribution in [0.2, 0.25) is 0 Å². The summed E-state index contributed by atoms with van der Waals surface area (Å²) in [6.45, 7) is 4.57. The summed E-state index contributed by atoms with van der Waals surface area (Å²) in [5, 5.41) is 4.36. The molecule has 0 radical (unpaired) electrons. The van der Waals surface area contributed by atoms with Gasteiger partial charge in [-0.05, 0) is 37.8 Å². The maximum atomic E-state index is 12.2. The zero-order chi connectivity index (χ0) is 12.7. The molecule has 3 nitrogen and oxygen atoms in total. The van der Waals surface area contributed by atoms with Crippen LogP contribution in [-0.4, -0.2) is 23.4 Å². The number of ketones is 1. The molecule has 1 heterocycles. The van der Waals surface area contributed by atoms with Crippen LogP contribution < -0.4 is 5.32 Å². The lowest BCUT2D eigenvalue weighted by Crippen LogP contribution is -2.24. The van der Waals surface area contributed by atoms with Gasteiger partial charge in [0.25, 0.3) is 0 Å². The molecule has 18 heavy (non-hydrogen) atoms. The van der Waals surface area contributed by atoms with E-state index in [0.717, 1.165) is 22.0 Å². The molecule has 1 aromatic carbocycles. The molecule has 0 amide bonds. The van der Waals surface area contributed by atoms with E-state index >= 15 is 0 Å². The van der Waals surface area contributed by atoms with Gasteiger partial charge in [-0.2, -0.15) is 0 Å². The van der Waals surface area contributed by atoms with Gasteiger partial charge in [0.05, 0.1) is 6.54 Å². The van der Waals surface area contributed by atoms with E-state index in [1.165, 1.54) is 18.4 Å². The molecule has 3 rings (SSSR count). The molecule has 3 heteroatoms. The number of rotatable bonds is 4. The number of aromatic nitrogens is 1. The smallest absolute Gasteiger partial charge is 0.178 e. The highest BCUT2D eigenvalue weighted by atomic mass is 16.1. The number of aryl methyl sites for hydroxylation is 2. The van der Waals surface area contributed by atoms with E-state index in [0.29, 0.717) is 12.6 Å². The SMILES string of the molecule is Cc1ccc(C)c2c(C(=O)CNC3CC3)c[nH]c12. The summed E-state index contributed by atoms with van der Waals surface area (Å²) in [7, 11) is 0. The third-order valence-electron chi connectivity index (χ3n) is 3.68. The van der Waals surface area contributed by atoms with Crippen LogP contribution in [0.4, 0.5) is 0 Å². The van der Waals surface area contributed by atoms with Gasteiger partial charge in [-0.25, -0.2) is 0 Å². The van der Waals surface area contributed by atoms with Crippen molar-refractivity contribution in [2.45, 2.75) is 32.7 Å². The van der Waals surface area contributed by atoms with E-state index in [1.54, 1.807) is 0 Å². The lowest BCUT2D eigenvalue weighted by molar-refractivity contribution is 0.0992. The molecule has 94 valence electrons. The summed E-state index contributed by atoms with van der Waals surface area (Å²) in [4.78, 5) is 15.5. The maximum absolute atomic E-state index is 12.2. The summed E-state index contributed by atoms with van der Waals surface area (Å²) in [6, 6.07) is 4.74. The Bertz CT molecular complexity index is 608. The molecule has 0 aliphatic heterocycles. The van der Waals surface area contributed by atoms with Crippen molar-refractivity contribution in [2.24, 2.45) is 0 Å². The second kappa shape index (κ2) is 4.25. The predicted octanol–water partition coefficient (Wildman–Crippen LogP) is 2.72. The van der Waals surface area contributed by atoms with E-state index in [2.05, 4.69) is 36.3 Å². The van der Waals surface area contributed by atoms with Gasteiger partial charge in [-0.15, -0.1) is 0 Å². The third-order valence-corrected chi connectivity index (χ3v) is 3.68. The van der Waals surface area contributed by atoms with Gasteiger partial charge < -0.3 is 10.3 Å². The fourth-order valence-electron chi connectivity index (χ4n) is 2.40. The standard InChI is InChI=1S/C15H18N2O/c1-9-3-4-10(2)15-14(9)12(7-17-15)13(18)8-16-11-5-6-11/h3-4,7,11,16-17H,5-6,8H2,1-2H3. The summed E-state index contributed by atoms with van der Waals surface area (Å²) in [5.41, 5.74) is 4.25. The van der Waals surface area contributed by atoms with Gasteiger partial charge >= 0.3 is 0 Å². The zero-order valence-electron chi connectivity index (χ0n) is 10.8. The van der Waals surface area contributed by atoms with Gasteiger partial charge in [-0.3, -0.25) is 4.79 Å². The molecule has 0 unspecified atom stereocenters. The Hall–Kier alpha value is -1.61. The molecular formula is C15H18N2O. The van der Waals surface area contributed by atoms with Gasteiger partial charge in [-0.1, -0.05) is 12.1 Å². The number of benzene rings is 1. The minimum atomic E-state index is 0.182. The Morgan fingerprint density at radius 3 is 2.78 bits per heavy atom. The van der Waals surface area contributed by atoms with Gasteiger partial charge in [0, 0.05) is 28.7 Å². The second-order valence-electron chi connectivity index (χ2n) is 5.23. The second-order valence-corrected chi connectivity index (χ2v) is 5.23. The minimum absolute atomic E-state index is 0.182. The first-order chi connectivity index (χ1) is 8.66. The van der Waals surface area contributed by atoms with Crippen molar-refractivity contribution in [1.29, 1.82) is 0 Å². The summed E-state index contributed by atoms with van der Waals surface area (Å²) < 4.78 is 0. The molecule has 0 atom stereocenters. The molecule has 1 fully saturated rings. The molecule has 0 spiro atoms. The lowest BCUT2D eigenvalue weighted by Gasteiger charge is -2.04. The number of hydrogen-bond acceptors (Lipinski definition) is 2. The lowest BCUT2D eigenvalue weighted by atomic mass is 10.0. The fourth-order valence-corrected chi connectivity index (χ4v) is 2.40. The largest absolute Gasteiger partial charge is 0.360 e. The van der Waals surface area contributed by atoms with Crippen LogP contribution in [-0.2, 0) is 0 Å². The highest BCUT2D eigenvalue weighted by Gasteiger charge is 2.22. The third kappa shape index (κ3) is 1.95. The molecular weight excluding hydrogens is 224 g/mol. The highest BCUT2D eigenvalue weighted by Crippen LogP contribution is 2.25. The minimum Gasteiger partial charge on any atom is -0.360 e. The van der Waals surface area contributed by atoms with E-state index in [-0.39, 0.29) is 5.78 Å². The quantitative estimate of drug-likeness (QED) is 0.810. The van der Waals surface area contributed by atoms with Crippen LogP contribution in [0.1, 0.15) is 34.3 Å². The number of carbonyl (C=O) groups is 1. The van der Waals surface area contributed by atoms with Crippen LogP contribution in [0.25, 0.3) is 10.9 Å². The van der Waals surface area contributed by atoms with E-state index in [4.69, 9.17) is 0 Å². The Balaban J connectivity index is 1.95. The van der Waals surface area contributed by atoms with Crippen molar-refractivity contribution in [3.8, 4) is 0 Å². The molecule has 2 aromatic rings. The maximum Gasteiger partial charge on any atom is 0.178 e. The van der Waals surface area contributed by atoms with Crippen molar-refractivity contribution in [2.75, 3.05) is 6.54 Å². The summed E-state index contributed by atoms with van der Waals surface area (Å²) in [5.74, 6) is 0.182. The first-order valence-electron chi connectivity index (χ1n) is 6.50. The number of aromatic amines is 1. The number of hydrogen-bond donors (Lipinski definition) is 2. The van der Waals surface area contributed by atoms with Crippen molar-refractivity contribution in [3.05, 3.63) is 35.0 Å². The summed E-state index contributed by atoms with van der Waals surface area (Å²) >= 11 is 0. The molecule has 0 saturated heterocycles. The first kappa shape index (κ1) is 11.5. The van der Waals surface area contributed by atoms with Gasteiger partial charge in [0.15, 0.2) is 5.78 Å². The summed E-state index contributed by atoms with van der Waals surface area (Å²) in [6.07, 6.45) is 4.26. The van der Waals surface area contributed by atoms with Gasteiger partial charge in [0.1, 0.15) is 0 Å². The molecule has 0 bridgehead atoms. The van der Waals surface area contributed by atoms with Crippen molar-refractivity contribution in [3.63, 3.8) is 0 Å². The Morgan fingerprint density at radius 1 is 1.33 bits per heavy atom. The van der Waals surface area contributed by atoms with E-state index < -0.39 is 0 Å². The molecule has 1 saturated carbocycles. The van der Waals surface area contributed by atoms with Crippen LogP contribution in [0, 0.1) is 13.8 Å². The van der Waals surface area contributed by atoms with Gasteiger partial charge in [0.2, 0.25) is 0 Å². The Morgan fingerprint density at radius 2 is 2.06 bits per heavy atom. The number of nitrogens with one attached hydrogen (secondary N) is 2. The Kier molecular flexibility index (Phi) is 2.71. The van der Waals surface area contributed by atoms with Crippen molar-refractivity contribution < 1.29 is 4.79 Å². The molecule has 1 aliphatic carbocycles. The molecule has 1 aromatic heterocycles. The molecule has 2 N–H and O–H groups in total. The fraction of sp³-hybridized carbons (Fsp3) is 0.400. The highest BCUT2D eigenvalue weighted by molar-refractivity contribution is 6.10. The predicted molar refractivity (Wildman–Crippen MR) is 73.1 cm³/mol. The Labute approximate surface area is 107 Å². The number of H-pyrrole nitrogens is 1. The first-order valence-corrected chi connectivity index (χ1v) is 6.50. The number of Topliss-reactive ketones (excluding diaryl/α,β-unsaturated/α-hetero) is 1. The van der Waals surface area contributed by atoms with Crippen molar-refractivity contribution >= 4 is 16.7 Å². The normalized spacial score (nSPS) is 15.2. The zero-order valence-corrected chi connectivity index (χ0v) is 10.8. The average Bonchev–Trinajstić information content (AvgIpc) is 3.07. The van der Waals surface area contributed by atoms with Crippen LogP contribution in [0.3, 0.4) is 0 Å².